The molecule has 0 saturated heterocycles. The molecule has 0 N–H and O–H groups in total. The van der Waals surface area contributed by atoms with Gasteiger partial charge in [-0.2, -0.15) is 4.80 Å². The van der Waals surface area contributed by atoms with Crippen LogP contribution < -0.4 is 0 Å². The van der Waals surface area contributed by atoms with Crippen molar-refractivity contribution in [2.45, 2.75) is 38.8 Å². The van der Waals surface area contributed by atoms with E-state index in [9.17, 15) is 0 Å². The minimum absolute atomic E-state index is 0.444. The summed E-state index contributed by atoms with van der Waals surface area (Å²) >= 11 is 0. The Kier molecular flexibility index (Phi) is 3.14. The summed E-state index contributed by atoms with van der Waals surface area (Å²) in [5.74, 6) is 1.49. The van der Waals surface area contributed by atoms with E-state index in [1.165, 1.54) is 11.1 Å². The smallest absolute Gasteiger partial charge is 0.179 e. The minimum Gasteiger partial charge on any atom is -0.225 e. The highest BCUT2D eigenvalue weighted by Crippen LogP contribution is 2.34. The van der Waals surface area contributed by atoms with Crippen LogP contribution >= 0.6 is 0 Å². The molecule has 1 saturated carbocycles. The minimum atomic E-state index is 0.444. The first kappa shape index (κ1) is 13.1. The molecule has 1 aliphatic rings. The lowest BCUT2D eigenvalue weighted by atomic mass is 10.1. The largest absolute Gasteiger partial charge is 0.225 e. The Morgan fingerprint density at radius 1 is 1.14 bits per heavy atom. The van der Waals surface area contributed by atoms with Gasteiger partial charge < -0.3 is 0 Å². The van der Waals surface area contributed by atoms with Crippen molar-refractivity contribution < 1.29 is 0 Å². The van der Waals surface area contributed by atoms with E-state index in [2.05, 4.69) is 50.0 Å². The lowest BCUT2D eigenvalue weighted by molar-refractivity contribution is 0.508. The van der Waals surface area contributed by atoms with Gasteiger partial charge in [0.05, 0.1) is 6.04 Å². The van der Waals surface area contributed by atoms with Gasteiger partial charge in [-0.25, -0.2) is 4.68 Å². The van der Waals surface area contributed by atoms with Gasteiger partial charge in [0.15, 0.2) is 11.6 Å². The molecule has 0 bridgehead atoms. The van der Waals surface area contributed by atoms with Crippen molar-refractivity contribution >= 4 is 0 Å². The van der Waals surface area contributed by atoms with Gasteiger partial charge in [0.2, 0.25) is 0 Å². The van der Waals surface area contributed by atoms with E-state index in [1.54, 1.807) is 4.80 Å². The molecule has 2 aromatic heterocycles. The number of hydrogen-bond acceptors (Lipinski definition) is 6. The summed E-state index contributed by atoms with van der Waals surface area (Å²) < 4.78 is 1.87. The van der Waals surface area contributed by atoms with Crippen LogP contribution in [-0.4, -0.2) is 40.4 Å². The summed E-state index contributed by atoms with van der Waals surface area (Å²) in [6.07, 6.45) is 2.96. The lowest BCUT2D eigenvalue weighted by Crippen LogP contribution is -2.11. The first-order valence-corrected chi connectivity index (χ1v) is 7.37. The predicted octanol–water partition coefficient (Wildman–Crippen LogP) is 0.942. The summed E-state index contributed by atoms with van der Waals surface area (Å²) in [5, 5.41) is 24.5. The highest BCUT2D eigenvalue weighted by Gasteiger charge is 2.28. The maximum Gasteiger partial charge on any atom is 0.179 e. The lowest BCUT2D eigenvalue weighted by Gasteiger charge is -2.01. The molecular formula is C14H16N8. The topological polar surface area (TPSA) is 87.2 Å². The van der Waals surface area contributed by atoms with Crippen molar-refractivity contribution in [1.29, 1.82) is 0 Å². The van der Waals surface area contributed by atoms with Gasteiger partial charge in [-0.3, -0.25) is 0 Å². The Bertz CT molecular complexity index is 786. The van der Waals surface area contributed by atoms with Crippen LogP contribution in [0.25, 0.3) is 0 Å². The van der Waals surface area contributed by atoms with Crippen molar-refractivity contribution in [1.82, 2.24) is 40.4 Å². The van der Waals surface area contributed by atoms with E-state index >= 15 is 0 Å². The van der Waals surface area contributed by atoms with Crippen molar-refractivity contribution in [3.8, 4) is 0 Å². The van der Waals surface area contributed by atoms with Gasteiger partial charge in [-0.05, 0) is 46.5 Å². The van der Waals surface area contributed by atoms with E-state index in [0.717, 1.165) is 18.7 Å². The number of aryl methyl sites for hydroxylation is 1. The van der Waals surface area contributed by atoms with E-state index in [0.29, 0.717) is 24.8 Å². The van der Waals surface area contributed by atoms with Crippen LogP contribution in [0.1, 0.15) is 41.7 Å². The summed E-state index contributed by atoms with van der Waals surface area (Å²) in [5.41, 5.74) is 2.45. The van der Waals surface area contributed by atoms with Crippen LogP contribution in [0.4, 0.5) is 0 Å². The molecule has 0 amide bonds. The molecule has 1 aliphatic carbocycles. The van der Waals surface area contributed by atoms with Crippen molar-refractivity contribution in [2.75, 3.05) is 0 Å². The average Bonchev–Trinajstić information content (AvgIpc) is 3.10. The second-order valence-corrected chi connectivity index (χ2v) is 5.61. The molecular weight excluding hydrogens is 280 g/mol. The number of nitrogens with zero attached hydrogens (tertiary/aromatic N) is 8. The van der Waals surface area contributed by atoms with Gasteiger partial charge in [0.1, 0.15) is 6.54 Å². The second-order valence-electron chi connectivity index (χ2n) is 5.61. The van der Waals surface area contributed by atoms with Crippen LogP contribution in [0, 0.1) is 6.92 Å². The highest BCUT2D eigenvalue weighted by molar-refractivity contribution is 5.27. The third kappa shape index (κ3) is 2.59. The fourth-order valence-electron chi connectivity index (χ4n) is 2.44. The maximum atomic E-state index is 4.43. The number of aromatic nitrogens is 8. The molecule has 112 valence electrons. The van der Waals surface area contributed by atoms with Crippen LogP contribution in [0.15, 0.2) is 24.3 Å². The molecule has 3 aromatic rings. The Balaban J connectivity index is 1.49. The summed E-state index contributed by atoms with van der Waals surface area (Å²) in [6, 6.07) is 8.67. The zero-order chi connectivity index (χ0) is 14.9. The summed E-state index contributed by atoms with van der Waals surface area (Å²) in [4.78, 5) is 1.55. The van der Waals surface area contributed by atoms with Gasteiger partial charge in [0.25, 0.3) is 0 Å². The Morgan fingerprint density at radius 2 is 2.00 bits per heavy atom. The second kappa shape index (κ2) is 5.28. The summed E-state index contributed by atoms with van der Waals surface area (Å²) in [6.45, 7) is 2.54. The van der Waals surface area contributed by atoms with E-state index in [4.69, 9.17) is 0 Å². The van der Waals surface area contributed by atoms with Crippen molar-refractivity contribution in [3.63, 3.8) is 0 Å². The molecule has 1 aromatic carbocycles. The molecule has 0 spiro atoms. The standard InChI is InChI=1S/C14H16N8/c1-10-4-2-3-5-11(10)8-13-15-19-21(17-13)9-14-16-18-20-22(14)12-6-7-12/h2-5,12H,6-9H2,1H3. The van der Waals surface area contributed by atoms with Crippen LogP contribution in [-0.2, 0) is 13.0 Å². The van der Waals surface area contributed by atoms with Crippen LogP contribution in [0.5, 0.6) is 0 Å². The van der Waals surface area contributed by atoms with Crippen molar-refractivity contribution in [2.24, 2.45) is 0 Å². The average molecular weight is 296 g/mol. The monoisotopic (exact) mass is 296 g/mol. The highest BCUT2D eigenvalue weighted by atomic mass is 15.6. The Hall–Kier alpha value is -2.64. The molecule has 1 fully saturated rings. The third-order valence-corrected chi connectivity index (χ3v) is 3.84. The van der Waals surface area contributed by atoms with Crippen molar-refractivity contribution in [3.05, 3.63) is 47.0 Å². The van der Waals surface area contributed by atoms with E-state index in [1.807, 2.05) is 16.8 Å². The maximum absolute atomic E-state index is 4.43. The first-order chi connectivity index (χ1) is 10.8. The normalized spacial score (nSPS) is 14.4. The molecule has 22 heavy (non-hydrogen) atoms. The van der Waals surface area contributed by atoms with Gasteiger partial charge in [-0.1, -0.05) is 24.3 Å². The quantitative estimate of drug-likeness (QED) is 0.696. The molecule has 4 rings (SSSR count). The van der Waals surface area contributed by atoms with Gasteiger partial charge in [0, 0.05) is 6.42 Å². The third-order valence-electron chi connectivity index (χ3n) is 3.84. The molecule has 2 heterocycles. The van der Waals surface area contributed by atoms with Crippen LogP contribution in [0.2, 0.25) is 0 Å². The molecule has 0 radical (unpaired) electrons. The molecule has 8 nitrogen and oxygen atoms in total. The Labute approximate surface area is 127 Å². The molecule has 8 heteroatoms. The van der Waals surface area contributed by atoms with E-state index < -0.39 is 0 Å². The molecule has 0 aliphatic heterocycles. The number of tetrazole rings is 2. The number of rotatable bonds is 5. The fourth-order valence-corrected chi connectivity index (χ4v) is 2.44. The number of benzene rings is 1. The van der Waals surface area contributed by atoms with Gasteiger partial charge in [-0.15, -0.1) is 15.3 Å². The zero-order valence-electron chi connectivity index (χ0n) is 12.3. The Morgan fingerprint density at radius 3 is 2.82 bits per heavy atom. The predicted molar refractivity (Wildman–Crippen MR) is 77.0 cm³/mol. The van der Waals surface area contributed by atoms with Crippen LogP contribution in [0.3, 0.4) is 0 Å². The van der Waals surface area contributed by atoms with E-state index in [-0.39, 0.29) is 0 Å². The summed E-state index contributed by atoms with van der Waals surface area (Å²) in [7, 11) is 0. The molecule has 0 atom stereocenters. The zero-order valence-corrected chi connectivity index (χ0v) is 12.3. The first-order valence-electron chi connectivity index (χ1n) is 7.37. The SMILES string of the molecule is Cc1ccccc1Cc1nnn(Cc2nnnn2C2CC2)n1. The van der Waals surface area contributed by atoms with Gasteiger partial charge >= 0.3 is 0 Å². The molecule has 0 unspecified atom stereocenters. The number of hydrogen-bond donors (Lipinski definition) is 0. The fraction of sp³-hybridized carbons (Fsp3) is 0.429.